The van der Waals surface area contributed by atoms with E-state index in [-0.39, 0.29) is 18.2 Å². The number of hydrogen-bond acceptors (Lipinski definition) is 2. The van der Waals surface area contributed by atoms with Gasteiger partial charge in [-0.05, 0) is 31.2 Å². The Kier molecular flexibility index (Phi) is 4.59. The monoisotopic (exact) mass is 248 g/mol. The first-order valence-electron chi connectivity index (χ1n) is 6.50. The van der Waals surface area contributed by atoms with Gasteiger partial charge >= 0.3 is 6.03 Å². The van der Waals surface area contributed by atoms with Gasteiger partial charge in [0.2, 0.25) is 0 Å². The molecule has 0 heterocycles. The van der Waals surface area contributed by atoms with E-state index in [0.717, 1.165) is 24.8 Å². The molecule has 98 valence electrons. The molecule has 2 amide bonds. The number of aliphatic hydroxyl groups excluding tert-OH is 1. The first kappa shape index (κ1) is 12.9. The van der Waals surface area contributed by atoms with Crippen LogP contribution in [0.25, 0.3) is 0 Å². The number of nitrogens with one attached hydrogen (secondary N) is 2. The van der Waals surface area contributed by atoms with Crippen molar-refractivity contribution in [2.45, 2.75) is 44.4 Å². The van der Waals surface area contributed by atoms with E-state index >= 15 is 0 Å². The molecule has 2 rings (SSSR count). The van der Waals surface area contributed by atoms with Gasteiger partial charge < -0.3 is 15.7 Å². The molecule has 4 heteroatoms. The molecule has 3 N–H and O–H groups in total. The van der Waals surface area contributed by atoms with Crippen LogP contribution in [-0.2, 0) is 6.54 Å². The Labute approximate surface area is 107 Å². The highest BCUT2D eigenvalue weighted by Crippen LogP contribution is 2.18. The summed E-state index contributed by atoms with van der Waals surface area (Å²) < 4.78 is 0. The van der Waals surface area contributed by atoms with Gasteiger partial charge in [-0.3, -0.25) is 0 Å². The van der Waals surface area contributed by atoms with Crippen molar-refractivity contribution in [2.24, 2.45) is 0 Å². The van der Waals surface area contributed by atoms with E-state index in [0.29, 0.717) is 13.0 Å². The minimum atomic E-state index is -0.266. The van der Waals surface area contributed by atoms with E-state index in [9.17, 15) is 9.90 Å². The minimum absolute atomic E-state index is 0.101. The van der Waals surface area contributed by atoms with Crippen molar-refractivity contribution in [3.63, 3.8) is 0 Å². The molecule has 0 radical (unpaired) electrons. The fourth-order valence-electron chi connectivity index (χ4n) is 2.31. The molecule has 1 saturated carbocycles. The first-order chi connectivity index (χ1) is 8.74. The summed E-state index contributed by atoms with van der Waals surface area (Å²) >= 11 is 0. The third-order valence-corrected chi connectivity index (χ3v) is 3.28. The fraction of sp³-hybridized carbons (Fsp3) is 0.500. The van der Waals surface area contributed by atoms with Crippen LogP contribution in [0.5, 0.6) is 0 Å². The average Bonchev–Trinajstić information content (AvgIpc) is 2.38. The standard InChI is InChI=1S/C14H20N2O2/c17-13-8-4-7-12(9-13)16-14(18)15-10-11-5-2-1-3-6-11/h1-3,5-6,12-13,17H,4,7-10H2,(H2,15,16,18)/t12-,13+/m1/s1. The number of carbonyl (C=O) groups excluding carboxylic acids is 1. The first-order valence-corrected chi connectivity index (χ1v) is 6.50. The van der Waals surface area contributed by atoms with Crippen LogP contribution in [0.1, 0.15) is 31.2 Å². The molecule has 0 aliphatic heterocycles. The highest BCUT2D eigenvalue weighted by atomic mass is 16.3. The van der Waals surface area contributed by atoms with Crippen molar-refractivity contribution in [1.82, 2.24) is 10.6 Å². The Bertz CT molecular complexity index is 381. The maximum Gasteiger partial charge on any atom is 0.315 e. The van der Waals surface area contributed by atoms with Gasteiger partial charge in [0.15, 0.2) is 0 Å². The summed E-state index contributed by atoms with van der Waals surface area (Å²) in [6.45, 7) is 0.530. The topological polar surface area (TPSA) is 61.4 Å². The summed E-state index contributed by atoms with van der Waals surface area (Å²) in [5.41, 5.74) is 1.08. The summed E-state index contributed by atoms with van der Waals surface area (Å²) in [7, 11) is 0. The lowest BCUT2D eigenvalue weighted by Gasteiger charge is -2.26. The molecule has 1 aromatic carbocycles. The van der Waals surface area contributed by atoms with Crippen LogP contribution in [0.2, 0.25) is 0 Å². The number of urea groups is 1. The van der Waals surface area contributed by atoms with Crippen LogP contribution in [0.3, 0.4) is 0 Å². The molecule has 1 fully saturated rings. The van der Waals surface area contributed by atoms with Gasteiger partial charge in [0.05, 0.1) is 6.10 Å². The molecule has 18 heavy (non-hydrogen) atoms. The zero-order valence-corrected chi connectivity index (χ0v) is 10.4. The lowest BCUT2D eigenvalue weighted by Crippen LogP contribution is -2.44. The predicted octanol–water partition coefficient (Wildman–Crippen LogP) is 1.79. The Hall–Kier alpha value is -1.55. The van der Waals surface area contributed by atoms with Gasteiger partial charge in [0.25, 0.3) is 0 Å². The average molecular weight is 248 g/mol. The van der Waals surface area contributed by atoms with Gasteiger partial charge in [-0.1, -0.05) is 30.3 Å². The molecule has 1 aliphatic rings. The van der Waals surface area contributed by atoms with E-state index in [2.05, 4.69) is 10.6 Å². The van der Waals surface area contributed by atoms with E-state index in [1.165, 1.54) is 0 Å². The second-order valence-electron chi connectivity index (χ2n) is 4.83. The van der Waals surface area contributed by atoms with Crippen molar-refractivity contribution in [3.8, 4) is 0 Å². The van der Waals surface area contributed by atoms with Crippen LogP contribution in [-0.4, -0.2) is 23.3 Å². The highest BCUT2D eigenvalue weighted by molar-refractivity contribution is 5.74. The molecule has 0 spiro atoms. The number of hydrogen-bond donors (Lipinski definition) is 3. The largest absolute Gasteiger partial charge is 0.393 e. The van der Waals surface area contributed by atoms with Crippen molar-refractivity contribution in [1.29, 1.82) is 0 Å². The van der Waals surface area contributed by atoms with Gasteiger partial charge in [-0.15, -0.1) is 0 Å². The number of carbonyl (C=O) groups is 1. The quantitative estimate of drug-likeness (QED) is 0.763. The minimum Gasteiger partial charge on any atom is -0.393 e. The van der Waals surface area contributed by atoms with Crippen LogP contribution < -0.4 is 10.6 Å². The van der Waals surface area contributed by atoms with Crippen molar-refractivity contribution in [2.75, 3.05) is 0 Å². The SMILES string of the molecule is O=C(NCc1ccccc1)N[C@@H]1CCC[C@H](O)C1. The van der Waals surface area contributed by atoms with Crippen LogP contribution in [0.15, 0.2) is 30.3 Å². The smallest absolute Gasteiger partial charge is 0.315 e. The molecule has 0 aromatic heterocycles. The number of aliphatic hydroxyl groups is 1. The number of amides is 2. The van der Waals surface area contributed by atoms with Crippen LogP contribution in [0.4, 0.5) is 4.79 Å². The Balaban J connectivity index is 1.72. The van der Waals surface area contributed by atoms with Crippen LogP contribution in [0, 0.1) is 0 Å². The fourth-order valence-corrected chi connectivity index (χ4v) is 2.31. The molecule has 0 bridgehead atoms. The van der Waals surface area contributed by atoms with E-state index in [1.807, 2.05) is 30.3 Å². The molecule has 0 unspecified atom stereocenters. The summed E-state index contributed by atoms with van der Waals surface area (Å²) in [6, 6.07) is 9.75. The molecule has 0 saturated heterocycles. The summed E-state index contributed by atoms with van der Waals surface area (Å²) in [5.74, 6) is 0. The van der Waals surface area contributed by atoms with E-state index in [4.69, 9.17) is 0 Å². The molecule has 1 aromatic rings. The van der Waals surface area contributed by atoms with Gasteiger partial charge in [0.1, 0.15) is 0 Å². The lowest BCUT2D eigenvalue weighted by molar-refractivity contribution is 0.113. The zero-order valence-electron chi connectivity index (χ0n) is 10.4. The Morgan fingerprint density at radius 1 is 1.28 bits per heavy atom. The summed E-state index contributed by atoms with van der Waals surface area (Å²) in [4.78, 5) is 11.7. The Morgan fingerprint density at radius 3 is 2.78 bits per heavy atom. The molecule has 2 atom stereocenters. The van der Waals surface area contributed by atoms with Crippen molar-refractivity contribution >= 4 is 6.03 Å². The number of rotatable bonds is 3. The molecule has 1 aliphatic carbocycles. The summed E-state index contributed by atoms with van der Waals surface area (Å²) in [5, 5.41) is 15.3. The third-order valence-electron chi connectivity index (χ3n) is 3.28. The van der Waals surface area contributed by atoms with Crippen LogP contribution >= 0.6 is 0 Å². The van der Waals surface area contributed by atoms with E-state index in [1.54, 1.807) is 0 Å². The normalized spacial score (nSPS) is 23.4. The second-order valence-corrected chi connectivity index (χ2v) is 4.83. The third kappa shape index (κ3) is 4.04. The van der Waals surface area contributed by atoms with E-state index < -0.39 is 0 Å². The molecular formula is C14H20N2O2. The maximum absolute atomic E-state index is 11.7. The summed E-state index contributed by atoms with van der Waals surface area (Å²) in [6.07, 6.45) is 3.18. The number of benzene rings is 1. The maximum atomic E-state index is 11.7. The van der Waals surface area contributed by atoms with Crippen molar-refractivity contribution in [3.05, 3.63) is 35.9 Å². The van der Waals surface area contributed by atoms with Gasteiger partial charge in [0, 0.05) is 12.6 Å². The predicted molar refractivity (Wildman–Crippen MR) is 70.1 cm³/mol. The lowest BCUT2D eigenvalue weighted by atomic mass is 9.93. The Morgan fingerprint density at radius 2 is 2.06 bits per heavy atom. The second kappa shape index (κ2) is 6.40. The highest BCUT2D eigenvalue weighted by Gasteiger charge is 2.21. The van der Waals surface area contributed by atoms with Gasteiger partial charge in [-0.25, -0.2) is 4.79 Å². The van der Waals surface area contributed by atoms with Gasteiger partial charge in [-0.2, -0.15) is 0 Å². The molecular weight excluding hydrogens is 228 g/mol. The van der Waals surface area contributed by atoms with Crippen molar-refractivity contribution < 1.29 is 9.90 Å². The molecule has 4 nitrogen and oxygen atoms in total. The zero-order chi connectivity index (χ0) is 12.8.